The lowest BCUT2D eigenvalue weighted by Crippen LogP contribution is -2.43. The first-order valence-corrected chi connectivity index (χ1v) is 6.45. The maximum atomic E-state index is 4.50. The minimum Gasteiger partial charge on any atom is -0.315 e. The van der Waals surface area contributed by atoms with Crippen molar-refractivity contribution in [1.82, 2.24) is 15.2 Å². The van der Waals surface area contributed by atoms with Crippen LogP contribution in [0, 0.1) is 6.92 Å². The van der Waals surface area contributed by atoms with Crippen molar-refractivity contribution >= 4 is 11.3 Å². The predicted molar refractivity (Wildman–Crippen MR) is 64.2 cm³/mol. The van der Waals surface area contributed by atoms with Crippen LogP contribution in [-0.4, -0.2) is 36.1 Å². The molecule has 2 rings (SSSR count). The van der Waals surface area contributed by atoms with Gasteiger partial charge in [0.2, 0.25) is 0 Å². The van der Waals surface area contributed by atoms with Crippen LogP contribution in [0.1, 0.15) is 23.5 Å². The summed E-state index contributed by atoms with van der Waals surface area (Å²) >= 11 is 1.77. The van der Waals surface area contributed by atoms with Gasteiger partial charge in [0, 0.05) is 23.7 Å². The van der Waals surface area contributed by atoms with Crippen LogP contribution in [-0.2, 0) is 6.54 Å². The number of aromatic nitrogens is 1. The van der Waals surface area contributed by atoms with Gasteiger partial charge in [-0.2, -0.15) is 0 Å². The van der Waals surface area contributed by atoms with Gasteiger partial charge in [-0.1, -0.05) is 0 Å². The number of nitrogens with one attached hydrogen (secondary N) is 1. The molecule has 0 bridgehead atoms. The fourth-order valence-electron chi connectivity index (χ4n) is 2.03. The highest BCUT2D eigenvalue weighted by Crippen LogP contribution is 2.15. The summed E-state index contributed by atoms with van der Waals surface area (Å²) < 4.78 is 0. The molecule has 0 amide bonds. The van der Waals surface area contributed by atoms with E-state index >= 15 is 0 Å². The maximum Gasteiger partial charge on any atom is 0.107 e. The average Bonchev–Trinajstić information content (AvgIpc) is 2.65. The average molecular weight is 225 g/mol. The first kappa shape index (κ1) is 11.0. The summed E-state index contributed by atoms with van der Waals surface area (Å²) in [6, 6.07) is 0.683. The largest absolute Gasteiger partial charge is 0.315 e. The third kappa shape index (κ3) is 3.00. The van der Waals surface area contributed by atoms with E-state index in [0.717, 1.165) is 18.8 Å². The molecule has 1 saturated heterocycles. The Labute approximate surface area is 95.5 Å². The fourth-order valence-corrected chi connectivity index (χ4v) is 2.86. The Bertz CT molecular complexity index is 305. The van der Waals surface area contributed by atoms with E-state index in [1.165, 1.54) is 24.4 Å². The smallest absolute Gasteiger partial charge is 0.107 e. The summed E-state index contributed by atoms with van der Waals surface area (Å²) in [4.78, 5) is 6.92. The Morgan fingerprint density at radius 3 is 3.13 bits per heavy atom. The molecule has 0 saturated carbocycles. The molecule has 1 aromatic rings. The van der Waals surface area contributed by atoms with Crippen molar-refractivity contribution in [2.24, 2.45) is 0 Å². The molecule has 15 heavy (non-hydrogen) atoms. The molecule has 0 spiro atoms. The highest BCUT2D eigenvalue weighted by atomic mass is 32.1. The third-order valence-electron chi connectivity index (χ3n) is 2.95. The normalized spacial score (nSPS) is 22.2. The molecule has 0 aromatic carbocycles. The zero-order valence-corrected chi connectivity index (χ0v) is 10.3. The summed E-state index contributed by atoms with van der Waals surface area (Å²) in [5.74, 6) is 0. The molecular weight excluding hydrogens is 206 g/mol. The van der Waals surface area contributed by atoms with E-state index in [9.17, 15) is 0 Å². The Hall–Kier alpha value is -0.450. The lowest BCUT2D eigenvalue weighted by atomic mass is 10.1. The number of likely N-dealkylation sites (N-methyl/N-ethyl adjacent to an activating group) is 1. The second kappa shape index (κ2) is 5.05. The zero-order chi connectivity index (χ0) is 10.7. The van der Waals surface area contributed by atoms with Crippen molar-refractivity contribution in [3.05, 3.63) is 16.1 Å². The Kier molecular flexibility index (Phi) is 3.72. The van der Waals surface area contributed by atoms with Crippen LogP contribution in [0.5, 0.6) is 0 Å². The maximum absolute atomic E-state index is 4.50. The lowest BCUT2D eigenvalue weighted by Gasteiger charge is -2.31. The molecule has 1 fully saturated rings. The van der Waals surface area contributed by atoms with Crippen LogP contribution in [0.3, 0.4) is 0 Å². The molecule has 1 aliphatic rings. The van der Waals surface area contributed by atoms with E-state index in [1.807, 2.05) is 0 Å². The molecule has 84 valence electrons. The summed E-state index contributed by atoms with van der Waals surface area (Å²) in [7, 11) is 2.20. The molecule has 1 atom stereocenters. The van der Waals surface area contributed by atoms with E-state index in [-0.39, 0.29) is 0 Å². The Morgan fingerprint density at radius 1 is 1.67 bits per heavy atom. The van der Waals surface area contributed by atoms with E-state index in [2.05, 4.69) is 34.6 Å². The van der Waals surface area contributed by atoms with Gasteiger partial charge in [-0.25, -0.2) is 4.98 Å². The topological polar surface area (TPSA) is 28.2 Å². The zero-order valence-electron chi connectivity index (χ0n) is 9.49. The van der Waals surface area contributed by atoms with Crippen molar-refractivity contribution in [3.8, 4) is 0 Å². The predicted octanol–water partition coefficient (Wildman–Crippen LogP) is 1.64. The van der Waals surface area contributed by atoms with Crippen molar-refractivity contribution in [3.63, 3.8) is 0 Å². The number of thiazole rings is 1. The van der Waals surface area contributed by atoms with E-state index in [4.69, 9.17) is 0 Å². The van der Waals surface area contributed by atoms with Gasteiger partial charge in [-0.3, -0.25) is 4.90 Å². The highest BCUT2D eigenvalue weighted by molar-refractivity contribution is 7.09. The van der Waals surface area contributed by atoms with Crippen LogP contribution in [0.4, 0.5) is 0 Å². The molecule has 1 aliphatic heterocycles. The van der Waals surface area contributed by atoms with Gasteiger partial charge in [0.25, 0.3) is 0 Å². The summed E-state index contributed by atoms with van der Waals surface area (Å²) in [6.45, 7) is 5.36. The van der Waals surface area contributed by atoms with Crippen LogP contribution >= 0.6 is 11.3 Å². The number of rotatable bonds is 3. The Balaban J connectivity index is 1.88. The number of hydrogen-bond acceptors (Lipinski definition) is 4. The molecule has 0 radical (unpaired) electrons. The molecule has 1 unspecified atom stereocenters. The quantitative estimate of drug-likeness (QED) is 0.847. The van der Waals surface area contributed by atoms with Crippen molar-refractivity contribution in [1.29, 1.82) is 0 Å². The van der Waals surface area contributed by atoms with Gasteiger partial charge in [0.15, 0.2) is 0 Å². The number of hydrogen-bond donors (Lipinski definition) is 1. The van der Waals surface area contributed by atoms with Gasteiger partial charge in [0.1, 0.15) is 5.01 Å². The monoisotopic (exact) mass is 225 g/mol. The molecule has 4 heteroatoms. The van der Waals surface area contributed by atoms with Gasteiger partial charge >= 0.3 is 0 Å². The molecule has 1 aromatic heterocycles. The van der Waals surface area contributed by atoms with Crippen LogP contribution in [0.15, 0.2) is 5.38 Å². The summed E-state index contributed by atoms with van der Waals surface area (Å²) in [5.41, 5.74) is 1.14. The Morgan fingerprint density at radius 2 is 2.53 bits per heavy atom. The van der Waals surface area contributed by atoms with Gasteiger partial charge in [0.05, 0.1) is 6.54 Å². The highest BCUT2D eigenvalue weighted by Gasteiger charge is 2.18. The van der Waals surface area contributed by atoms with Gasteiger partial charge in [-0.05, 0) is 33.4 Å². The molecular formula is C11H19N3S. The van der Waals surface area contributed by atoms with Crippen molar-refractivity contribution in [2.75, 3.05) is 20.1 Å². The van der Waals surface area contributed by atoms with Crippen molar-refractivity contribution < 1.29 is 0 Å². The standard InChI is InChI=1S/C11H19N3S/c1-9-8-15-11(13-9)7-14(2)10-4-3-5-12-6-10/h8,10,12H,3-7H2,1-2H3. The van der Waals surface area contributed by atoms with Crippen molar-refractivity contribution in [2.45, 2.75) is 32.4 Å². The van der Waals surface area contributed by atoms with Crippen LogP contribution < -0.4 is 5.32 Å². The van der Waals surface area contributed by atoms with Crippen LogP contribution in [0.2, 0.25) is 0 Å². The van der Waals surface area contributed by atoms with E-state index in [1.54, 1.807) is 11.3 Å². The molecule has 1 N–H and O–H groups in total. The third-order valence-corrected chi connectivity index (χ3v) is 3.90. The first-order chi connectivity index (χ1) is 7.25. The summed E-state index contributed by atoms with van der Waals surface area (Å²) in [5, 5.41) is 6.81. The number of piperidine rings is 1. The van der Waals surface area contributed by atoms with Gasteiger partial charge < -0.3 is 5.32 Å². The van der Waals surface area contributed by atoms with Gasteiger partial charge in [-0.15, -0.1) is 11.3 Å². The lowest BCUT2D eigenvalue weighted by molar-refractivity contribution is 0.195. The minimum absolute atomic E-state index is 0.683. The molecule has 3 nitrogen and oxygen atoms in total. The van der Waals surface area contributed by atoms with E-state index in [0.29, 0.717) is 6.04 Å². The SMILES string of the molecule is Cc1csc(CN(C)C2CCCNC2)n1. The second-order valence-corrected chi connectivity index (χ2v) is 5.24. The number of aryl methyl sites for hydroxylation is 1. The minimum atomic E-state index is 0.683. The van der Waals surface area contributed by atoms with Crippen LogP contribution in [0.25, 0.3) is 0 Å². The number of nitrogens with zero attached hydrogens (tertiary/aromatic N) is 2. The van der Waals surface area contributed by atoms with E-state index < -0.39 is 0 Å². The molecule has 0 aliphatic carbocycles. The molecule has 2 heterocycles. The summed E-state index contributed by atoms with van der Waals surface area (Å²) in [6.07, 6.45) is 2.61. The second-order valence-electron chi connectivity index (χ2n) is 4.30. The fraction of sp³-hybridized carbons (Fsp3) is 0.727. The first-order valence-electron chi connectivity index (χ1n) is 5.57.